The van der Waals surface area contributed by atoms with Gasteiger partial charge >= 0.3 is 0 Å². The molecular weight excluding hydrogens is 236 g/mol. The molecule has 1 fully saturated rings. The van der Waals surface area contributed by atoms with Crippen molar-refractivity contribution < 1.29 is 4.79 Å². The number of benzene rings is 1. The van der Waals surface area contributed by atoms with Crippen LogP contribution in [-0.2, 0) is 0 Å². The maximum absolute atomic E-state index is 12.5. The minimum atomic E-state index is 0.110. The van der Waals surface area contributed by atoms with Gasteiger partial charge in [0.1, 0.15) is 0 Å². The summed E-state index contributed by atoms with van der Waals surface area (Å²) in [6.07, 6.45) is 2.37. The van der Waals surface area contributed by atoms with Gasteiger partial charge in [0, 0.05) is 22.9 Å². The second kappa shape index (κ2) is 4.82. The van der Waals surface area contributed by atoms with Gasteiger partial charge in [-0.15, -0.1) is 0 Å². The van der Waals surface area contributed by atoms with E-state index in [1.807, 2.05) is 29.2 Å². The van der Waals surface area contributed by atoms with Crippen molar-refractivity contribution >= 4 is 11.6 Å². The van der Waals surface area contributed by atoms with Gasteiger partial charge in [-0.1, -0.05) is 24.8 Å². The second-order valence-electron chi connectivity index (χ2n) is 5.51. The average Bonchev–Trinajstić information content (AvgIpc) is 2.72. The van der Waals surface area contributed by atoms with Crippen LogP contribution in [0.1, 0.15) is 35.7 Å². The van der Waals surface area contributed by atoms with Gasteiger partial charge in [0.05, 0.1) is 0 Å². The lowest BCUT2D eigenvalue weighted by atomic mass is 9.91. The molecule has 2 aliphatic rings. The predicted octanol–water partition coefficient (Wildman–Crippen LogP) is 2.50. The standard InChI is InChI=1S/C16H20N2O/c1-11(13-6-5-9-17-10-13)18-12(2)14-7-3-4-8-15(14)16(18)19/h3-4,7-8,11,13,17H,2,5-6,9-10H2,1H3. The summed E-state index contributed by atoms with van der Waals surface area (Å²) in [5.41, 5.74) is 2.64. The molecule has 0 aromatic heterocycles. The first kappa shape index (κ1) is 12.4. The Morgan fingerprint density at radius 2 is 2.11 bits per heavy atom. The Hall–Kier alpha value is -1.61. The SMILES string of the molecule is C=C1c2ccccc2C(=O)N1C(C)C1CCCNC1. The highest BCUT2D eigenvalue weighted by molar-refractivity contribution is 6.09. The van der Waals surface area contributed by atoms with Gasteiger partial charge in [0.15, 0.2) is 0 Å². The normalized spacial score (nSPS) is 24.5. The van der Waals surface area contributed by atoms with Crippen molar-refractivity contribution in [3.63, 3.8) is 0 Å². The van der Waals surface area contributed by atoms with Crippen LogP contribution in [-0.4, -0.2) is 29.9 Å². The molecule has 19 heavy (non-hydrogen) atoms. The Labute approximate surface area is 114 Å². The lowest BCUT2D eigenvalue weighted by Gasteiger charge is -2.35. The summed E-state index contributed by atoms with van der Waals surface area (Å²) >= 11 is 0. The molecule has 2 unspecified atom stereocenters. The first-order valence-electron chi connectivity index (χ1n) is 7.02. The fraction of sp³-hybridized carbons (Fsp3) is 0.438. The van der Waals surface area contributed by atoms with Gasteiger partial charge in [-0.2, -0.15) is 0 Å². The minimum Gasteiger partial charge on any atom is -0.316 e. The Kier molecular flexibility index (Phi) is 3.15. The van der Waals surface area contributed by atoms with E-state index in [0.29, 0.717) is 5.92 Å². The predicted molar refractivity (Wildman–Crippen MR) is 76.7 cm³/mol. The van der Waals surface area contributed by atoms with E-state index in [4.69, 9.17) is 0 Å². The average molecular weight is 256 g/mol. The molecule has 2 atom stereocenters. The molecule has 1 aromatic carbocycles. The quantitative estimate of drug-likeness (QED) is 0.881. The first-order valence-corrected chi connectivity index (χ1v) is 7.02. The smallest absolute Gasteiger partial charge is 0.259 e. The number of piperidine rings is 1. The van der Waals surface area contributed by atoms with Crippen molar-refractivity contribution in [2.24, 2.45) is 5.92 Å². The number of nitrogens with one attached hydrogen (secondary N) is 1. The fourth-order valence-corrected chi connectivity index (χ4v) is 3.24. The van der Waals surface area contributed by atoms with E-state index in [-0.39, 0.29) is 11.9 Å². The van der Waals surface area contributed by atoms with E-state index in [9.17, 15) is 4.79 Å². The Morgan fingerprint density at radius 3 is 2.74 bits per heavy atom. The highest BCUT2D eigenvalue weighted by atomic mass is 16.2. The summed E-state index contributed by atoms with van der Waals surface area (Å²) in [5, 5.41) is 3.42. The third kappa shape index (κ3) is 1.98. The monoisotopic (exact) mass is 256 g/mol. The van der Waals surface area contributed by atoms with E-state index >= 15 is 0 Å². The van der Waals surface area contributed by atoms with Crippen molar-refractivity contribution in [2.45, 2.75) is 25.8 Å². The van der Waals surface area contributed by atoms with Crippen LogP contribution >= 0.6 is 0 Å². The van der Waals surface area contributed by atoms with E-state index in [1.54, 1.807) is 0 Å². The Morgan fingerprint density at radius 1 is 1.37 bits per heavy atom. The maximum atomic E-state index is 12.5. The molecular formula is C16H20N2O. The van der Waals surface area contributed by atoms with Crippen LogP contribution in [0.5, 0.6) is 0 Å². The zero-order valence-corrected chi connectivity index (χ0v) is 11.4. The number of nitrogens with zero attached hydrogens (tertiary/aromatic N) is 1. The number of hydrogen-bond donors (Lipinski definition) is 1. The topological polar surface area (TPSA) is 32.3 Å². The second-order valence-corrected chi connectivity index (χ2v) is 5.51. The number of rotatable bonds is 2. The lowest BCUT2D eigenvalue weighted by Crippen LogP contribution is -2.44. The highest BCUT2D eigenvalue weighted by Gasteiger charge is 2.37. The summed E-state index contributed by atoms with van der Waals surface area (Å²) in [6, 6.07) is 7.98. The number of hydrogen-bond acceptors (Lipinski definition) is 2. The van der Waals surface area contributed by atoms with Crippen molar-refractivity contribution in [1.29, 1.82) is 0 Å². The first-order chi connectivity index (χ1) is 9.20. The molecule has 2 aliphatic heterocycles. The van der Waals surface area contributed by atoms with Gasteiger partial charge in [-0.3, -0.25) is 4.79 Å². The van der Waals surface area contributed by atoms with Gasteiger partial charge in [0.25, 0.3) is 5.91 Å². The summed E-state index contributed by atoms with van der Waals surface area (Å²) in [6.45, 7) is 8.36. The van der Waals surface area contributed by atoms with E-state index < -0.39 is 0 Å². The molecule has 0 bridgehead atoms. The van der Waals surface area contributed by atoms with Gasteiger partial charge in [-0.05, 0) is 44.8 Å². The molecule has 3 nitrogen and oxygen atoms in total. The van der Waals surface area contributed by atoms with E-state index in [0.717, 1.165) is 29.9 Å². The van der Waals surface area contributed by atoms with Crippen molar-refractivity contribution in [3.05, 3.63) is 42.0 Å². The molecule has 0 saturated carbocycles. The molecule has 3 heteroatoms. The lowest BCUT2D eigenvalue weighted by molar-refractivity contribution is 0.0761. The van der Waals surface area contributed by atoms with Gasteiger partial charge in [0.2, 0.25) is 0 Å². The van der Waals surface area contributed by atoms with Crippen LogP contribution in [0.15, 0.2) is 30.8 Å². The largest absolute Gasteiger partial charge is 0.316 e. The van der Waals surface area contributed by atoms with Crippen molar-refractivity contribution in [2.75, 3.05) is 13.1 Å². The maximum Gasteiger partial charge on any atom is 0.259 e. The van der Waals surface area contributed by atoms with Crippen molar-refractivity contribution in [3.8, 4) is 0 Å². The van der Waals surface area contributed by atoms with Crippen LogP contribution in [0.25, 0.3) is 5.70 Å². The molecule has 0 aliphatic carbocycles. The summed E-state index contributed by atoms with van der Waals surface area (Å²) in [5.74, 6) is 0.627. The fourth-order valence-electron chi connectivity index (χ4n) is 3.24. The zero-order chi connectivity index (χ0) is 13.4. The molecule has 1 aromatic rings. The number of carbonyl (C=O) groups excluding carboxylic acids is 1. The van der Waals surface area contributed by atoms with Crippen LogP contribution in [0.2, 0.25) is 0 Å². The molecule has 0 radical (unpaired) electrons. The highest BCUT2D eigenvalue weighted by Crippen LogP contribution is 2.35. The third-order valence-electron chi connectivity index (χ3n) is 4.40. The Bertz CT molecular complexity index is 482. The van der Waals surface area contributed by atoms with Crippen LogP contribution in [0, 0.1) is 5.92 Å². The summed E-state index contributed by atoms with van der Waals surface area (Å²) in [4.78, 5) is 14.4. The number of fused-ring (bicyclic) bond motifs is 1. The van der Waals surface area contributed by atoms with Gasteiger partial charge in [-0.25, -0.2) is 0 Å². The van der Waals surface area contributed by atoms with Gasteiger partial charge < -0.3 is 10.2 Å². The molecule has 100 valence electrons. The van der Waals surface area contributed by atoms with E-state index in [2.05, 4.69) is 18.8 Å². The van der Waals surface area contributed by atoms with Crippen LogP contribution in [0.4, 0.5) is 0 Å². The summed E-state index contributed by atoms with van der Waals surface area (Å²) < 4.78 is 0. The molecule has 0 spiro atoms. The van der Waals surface area contributed by atoms with E-state index in [1.165, 1.54) is 12.8 Å². The molecule has 1 N–H and O–H groups in total. The van der Waals surface area contributed by atoms with Crippen LogP contribution in [0.3, 0.4) is 0 Å². The van der Waals surface area contributed by atoms with Crippen molar-refractivity contribution in [1.82, 2.24) is 10.2 Å². The summed E-state index contributed by atoms with van der Waals surface area (Å²) in [7, 11) is 0. The number of carbonyl (C=O) groups is 1. The number of amides is 1. The minimum absolute atomic E-state index is 0.110. The molecule has 1 amide bonds. The molecule has 3 rings (SSSR count). The Balaban J connectivity index is 1.87. The van der Waals surface area contributed by atoms with Crippen LogP contribution < -0.4 is 5.32 Å². The molecule has 1 saturated heterocycles. The zero-order valence-electron chi connectivity index (χ0n) is 11.4. The third-order valence-corrected chi connectivity index (χ3v) is 4.40. The molecule has 2 heterocycles.